The van der Waals surface area contributed by atoms with E-state index in [2.05, 4.69) is 0 Å². The minimum absolute atomic E-state index is 0.778. The number of rotatable bonds is 0. The molecule has 1 fully saturated rings. The van der Waals surface area contributed by atoms with E-state index in [0.717, 1.165) is 19.3 Å². The second-order valence-electron chi connectivity index (χ2n) is 1.96. The van der Waals surface area contributed by atoms with Gasteiger partial charge in [-0.3, -0.25) is 0 Å². The molecule has 2 nitrogen and oxygen atoms in total. The summed E-state index contributed by atoms with van der Waals surface area (Å²) >= 11 is 0. The number of hydrogen-bond acceptors (Lipinski definition) is 2. The van der Waals surface area contributed by atoms with E-state index in [9.17, 15) is 0 Å². The van der Waals surface area contributed by atoms with Crippen molar-refractivity contribution in [3.63, 3.8) is 0 Å². The van der Waals surface area contributed by atoms with E-state index in [1.807, 2.05) is 0 Å². The monoisotopic (exact) mass is 87.1 g/mol. The summed E-state index contributed by atoms with van der Waals surface area (Å²) in [5.41, 5.74) is 4.40. The molecule has 0 aromatic heterocycles. The lowest BCUT2D eigenvalue weighted by Gasteiger charge is -2.31. The van der Waals surface area contributed by atoms with Crippen LogP contribution in [0.25, 0.3) is 0 Å². The van der Waals surface area contributed by atoms with Crippen LogP contribution >= 0.6 is 0 Å². The molecule has 1 aliphatic carbocycles. The van der Waals surface area contributed by atoms with Gasteiger partial charge in [0, 0.05) is 0 Å². The van der Waals surface area contributed by atoms with Crippen LogP contribution < -0.4 is 5.73 Å². The topological polar surface area (TPSA) is 46.2 Å². The summed E-state index contributed by atoms with van der Waals surface area (Å²) in [4.78, 5) is 0. The van der Waals surface area contributed by atoms with Crippen molar-refractivity contribution >= 4 is 0 Å². The fourth-order valence-corrected chi connectivity index (χ4v) is 0.539. The maximum absolute atomic E-state index is 8.69. The first-order chi connectivity index (χ1) is 2.71. The molecule has 0 bridgehead atoms. The van der Waals surface area contributed by atoms with Gasteiger partial charge in [-0.15, -0.1) is 0 Å². The van der Waals surface area contributed by atoms with Gasteiger partial charge in [-0.2, -0.15) is 0 Å². The Hall–Kier alpha value is -0.0800. The molecule has 2 heteroatoms. The molecule has 0 saturated heterocycles. The van der Waals surface area contributed by atoms with Crippen molar-refractivity contribution < 1.29 is 5.11 Å². The second kappa shape index (κ2) is 0.950. The molecule has 1 rings (SSSR count). The smallest absolute Gasteiger partial charge is 0.113 e. The van der Waals surface area contributed by atoms with Crippen LogP contribution in [-0.4, -0.2) is 10.8 Å². The van der Waals surface area contributed by atoms with Crippen LogP contribution in [0.4, 0.5) is 0 Å². The highest BCUT2D eigenvalue weighted by Gasteiger charge is 2.28. The third-order valence-electron chi connectivity index (χ3n) is 1.22. The Bertz CT molecular complexity index is 54.6. The molecule has 0 heterocycles. The number of hydrogen-bond donors (Lipinski definition) is 2. The fourth-order valence-electron chi connectivity index (χ4n) is 0.539. The first-order valence-corrected chi connectivity index (χ1v) is 2.22. The van der Waals surface area contributed by atoms with Gasteiger partial charge in [0.2, 0.25) is 0 Å². The first kappa shape index (κ1) is 4.09. The first-order valence-electron chi connectivity index (χ1n) is 2.22. The Morgan fingerprint density at radius 2 is 1.83 bits per heavy atom. The Morgan fingerprint density at radius 1 is 1.50 bits per heavy atom. The van der Waals surface area contributed by atoms with Crippen molar-refractivity contribution in [2.24, 2.45) is 5.73 Å². The third kappa shape index (κ3) is 0.533. The van der Waals surface area contributed by atoms with E-state index in [1.165, 1.54) is 0 Å². The van der Waals surface area contributed by atoms with Gasteiger partial charge in [-0.25, -0.2) is 0 Å². The maximum Gasteiger partial charge on any atom is 0.113 e. The van der Waals surface area contributed by atoms with E-state index in [-0.39, 0.29) is 0 Å². The van der Waals surface area contributed by atoms with Crippen LogP contribution in [0.5, 0.6) is 0 Å². The quantitative estimate of drug-likeness (QED) is 0.402. The van der Waals surface area contributed by atoms with E-state index < -0.39 is 5.72 Å². The molecule has 0 aromatic rings. The summed E-state index contributed by atoms with van der Waals surface area (Å²) in [6, 6.07) is 0. The Kier molecular flexibility index (Phi) is 0.648. The molecule has 0 radical (unpaired) electrons. The number of nitrogens with two attached hydrogens (primary N) is 1. The van der Waals surface area contributed by atoms with Gasteiger partial charge in [-0.05, 0) is 19.3 Å². The van der Waals surface area contributed by atoms with Crippen molar-refractivity contribution in [3.8, 4) is 0 Å². The minimum atomic E-state index is -0.778. The molecule has 0 aliphatic heterocycles. The van der Waals surface area contributed by atoms with Crippen molar-refractivity contribution in [1.82, 2.24) is 0 Å². The van der Waals surface area contributed by atoms with Gasteiger partial charge in [0.1, 0.15) is 5.72 Å². The highest BCUT2D eigenvalue weighted by molar-refractivity contribution is 4.79. The molecular weight excluding hydrogens is 78.0 g/mol. The SMILES string of the molecule is NC1(O)CCC1. The molecule has 6 heavy (non-hydrogen) atoms. The lowest BCUT2D eigenvalue weighted by atomic mass is 9.90. The Morgan fingerprint density at radius 3 is 1.83 bits per heavy atom. The van der Waals surface area contributed by atoms with Gasteiger partial charge < -0.3 is 10.8 Å². The van der Waals surface area contributed by atoms with E-state index >= 15 is 0 Å². The predicted octanol–water partition coefficient (Wildman–Crippen LogP) is -0.182. The molecule has 36 valence electrons. The molecule has 0 atom stereocenters. The van der Waals surface area contributed by atoms with Gasteiger partial charge in [0.05, 0.1) is 0 Å². The molecule has 0 aromatic carbocycles. The van der Waals surface area contributed by atoms with Crippen LogP contribution in [0.2, 0.25) is 0 Å². The molecule has 0 unspecified atom stereocenters. The minimum Gasteiger partial charge on any atom is -0.376 e. The summed E-state index contributed by atoms with van der Waals surface area (Å²) in [5, 5.41) is 8.69. The Labute approximate surface area is 37.0 Å². The van der Waals surface area contributed by atoms with E-state index in [1.54, 1.807) is 0 Å². The van der Waals surface area contributed by atoms with Gasteiger partial charge >= 0.3 is 0 Å². The highest BCUT2D eigenvalue weighted by atomic mass is 16.3. The number of aliphatic hydroxyl groups is 1. The van der Waals surface area contributed by atoms with Crippen LogP contribution in [0.1, 0.15) is 19.3 Å². The summed E-state index contributed by atoms with van der Waals surface area (Å²) in [6.07, 6.45) is 2.66. The maximum atomic E-state index is 8.69. The van der Waals surface area contributed by atoms with Crippen LogP contribution in [-0.2, 0) is 0 Å². The average molecular weight is 87.1 g/mol. The molecule has 3 N–H and O–H groups in total. The zero-order chi connectivity index (χ0) is 4.62. The molecular formula is C4H9NO. The average Bonchev–Trinajstić information content (AvgIpc) is 1.32. The van der Waals surface area contributed by atoms with Gasteiger partial charge in [-0.1, -0.05) is 0 Å². The Balaban J connectivity index is 2.31. The normalized spacial score (nSPS) is 29.0. The molecule has 0 amide bonds. The van der Waals surface area contributed by atoms with Gasteiger partial charge in [0.15, 0.2) is 0 Å². The van der Waals surface area contributed by atoms with Gasteiger partial charge in [0.25, 0.3) is 0 Å². The lowest BCUT2D eigenvalue weighted by molar-refractivity contribution is -0.0268. The zero-order valence-corrected chi connectivity index (χ0v) is 3.65. The molecule has 1 saturated carbocycles. The van der Waals surface area contributed by atoms with Crippen LogP contribution in [0.3, 0.4) is 0 Å². The van der Waals surface area contributed by atoms with E-state index in [4.69, 9.17) is 10.8 Å². The highest BCUT2D eigenvalue weighted by Crippen LogP contribution is 2.24. The van der Waals surface area contributed by atoms with Crippen LogP contribution in [0.15, 0.2) is 0 Å². The predicted molar refractivity (Wildman–Crippen MR) is 23.0 cm³/mol. The largest absolute Gasteiger partial charge is 0.376 e. The molecule has 1 aliphatic rings. The van der Waals surface area contributed by atoms with Crippen molar-refractivity contribution in [2.45, 2.75) is 25.0 Å². The van der Waals surface area contributed by atoms with Crippen molar-refractivity contribution in [3.05, 3.63) is 0 Å². The van der Waals surface area contributed by atoms with Crippen LogP contribution in [0, 0.1) is 0 Å². The third-order valence-corrected chi connectivity index (χ3v) is 1.22. The van der Waals surface area contributed by atoms with Crippen molar-refractivity contribution in [2.75, 3.05) is 0 Å². The van der Waals surface area contributed by atoms with E-state index in [0.29, 0.717) is 0 Å². The summed E-state index contributed by atoms with van der Waals surface area (Å²) < 4.78 is 0. The molecule has 0 spiro atoms. The summed E-state index contributed by atoms with van der Waals surface area (Å²) in [5.74, 6) is 0. The van der Waals surface area contributed by atoms with Crippen molar-refractivity contribution in [1.29, 1.82) is 0 Å². The standard InChI is InChI=1S/C4H9NO/c5-4(6)2-1-3-4/h6H,1-3,5H2. The summed E-state index contributed by atoms with van der Waals surface area (Å²) in [6.45, 7) is 0. The lowest BCUT2D eigenvalue weighted by Crippen LogP contribution is -2.45. The second-order valence-corrected chi connectivity index (χ2v) is 1.96. The zero-order valence-electron chi connectivity index (χ0n) is 3.65. The fraction of sp³-hybridized carbons (Fsp3) is 1.00. The summed E-state index contributed by atoms with van der Waals surface area (Å²) in [7, 11) is 0.